The summed E-state index contributed by atoms with van der Waals surface area (Å²) in [5.41, 5.74) is -1.91. The lowest BCUT2D eigenvalue weighted by Gasteiger charge is -2.17. The summed E-state index contributed by atoms with van der Waals surface area (Å²) in [6.07, 6.45) is -3.66. The van der Waals surface area contributed by atoms with Crippen molar-refractivity contribution in [2.75, 3.05) is 4.90 Å². The third-order valence-corrected chi connectivity index (χ3v) is 5.16. The van der Waals surface area contributed by atoms with Crippen molar-refractivity contribution >= 4 is 51.9 Å². The number of phenols is 1. The molecule has 0 atom stereocenters. The van der Waals surface area contributed by atoms with Crippen molar-refractivity contribution in [1.82, 2.24) is 0 Å². The number of halogens is 4. The van der Waals surface area contributed by atoms with Crippen LogP contribution in [-0.2, 0) is 11.0 Å². The molecule has 2 aromatic carbocycles. The van der Waals surface area contributed by atoms with E-state index in [1.165, 1.54) is 12.1 Å². The maximum absolute atomic E-state index is 13.5. The second kappa shape index (κ2) is 7.48. The number of alkyl halides is 3. The maximum atomic E-state index is 13.5. The van der Waals surface area contributed by atoms with E-state index >= 15 is 0 Å². The molecule has 11 heteroatoms. The van der Waals surface area contributed by atoms with Gasteiger partial charge in [-0.3, -0.25) is 9.69 Å². The number of carbonyl (C=O) groups is 2. The van der Waals surface area contributed by atoms with Gasteiger partial charge >= 0.3 is 12.1 Å². The number of carboxylic acids is 1. The number of thiocarbonyl (C=S) groups is 1. The van der Waals surface area contributed by atoms with Crippen molar-refractivity contribution in [2.24, 2.45) is 0 Å². The second-order valence-electron chi connectivity index (χ2n) is 5.76. The SMILES string of the molecule is O=C(O)c1cc(C=C2SC(=S)N(c3ccc(F)c(C(F)(F)F)c3)C2=O)ccc1O. The van der Waals surface area contributed by atoms with E-state index in [2.05, 4.69) is 0 Å². The molecule has 0 saturated carbocycles. The summed E-state index contributed by atoms with van der Waals surface area (Å²) in [6.45, 7) is 0. The normalized spacial score (nSPS) is 16.0. The lowest BCUT2D eigenvalue weighted by atomic mass is 10.1. The van der Waals surface area contributed by atoms with Gasteiger partial charge in [0.05, 0.1) is 16.2 Å². The standard InChI is InChI=1S/C18H9F4NO4S2/c19-12-3-2-9(7-11(12)18(20,21)22)23-15(25)14(29-17(23)28)6-8-1-4-13(24)10(5-8)16(26)27/h1-7,24H,(H,26,27). The highest BCUT2D eigenvalue weighted by atomic mass is 32.2. The molecule has 0 radical (unpaired) electrons. The fraction of sp³-hybridized carbons (Fsp3) is 0.0556. The van der Waals surface area contributed by atoms with E-state index in [0.717, 1.165) is 34.9 Å². The lowest BCUT2D eigenvalue weighted by molar-refractivity contribution is -0.140. The topological polar surface area (TPSA) is 77.8 Å². The third-order valence-electron chi connectivity index (χ3n) is 3.86. The number of thioether (sulfide) groups is 1. The van der Waals surface area contributed by atoms with E-state index < -0.39 is 35.2 Å². The van der Waals surface area contributed by atoms with E-state index in [9.17, 15) is 32.3 Å². The first-order chi connectivity index (χ1) is 13.5. The minimum atomic E-state index is -4.95. The monoisotopic (exact) mass is 443 g/mol. The number of benzene rings is 2. The summed E-state index contributed by atoms with van der Waals surface area (Å²) in [6, 6.07) is 5.70. The first-order valence-electron chi connectivity index (χ1n) is 7.70. The Labute approximate surface area is 170 Å². The van der Waals surface area contributed by atoms with E-state index in [0.29, 0.717) is 12.1 Å². The number of aromatic hydroxyl groups is 1. The fourth-order valence-corrected chi connectivity index (χ4v) is 3.83. The highest BCUT2D eigenvalue weighted by Gasteiger charge is 2.38. The number of rotatable bonds is 3. The first-order valence-corrected chi connectivity index (χ1v) is 8.92. The Morgan fingerprint density at radius 2 is 1.86 bits per heavy atom. The highest BCUT2D eigenvalue weighted by Crippen LogP contribution is 2.39. The molecule has 3 rings (SSSR count). The average molecular weight is 443 g/mol. The van der Waals surface area contributed by atoms with Gasteiger partial charge in [0.25, 0.3) is 5.91 Å². The number of anilines is 1. The molecule has 1 heterocycles. The van der Waals surface area contributed by atoms with Crippen LogP contribution in [0.3, 0.4) is 0 Å². The predicted octanol–water partition coefficient (Wildman–Crippen LogP) is 4.65. The zero-order valence-corrected chi connectivity index (χ0v) is 15.7. The van der Waals surface area contributed by atoms with Crippen molar-refractivity contribution in [1.29, 1.82) is 0 Å². The predicted molar refractivity (Wildman–Crippen MR) is 102 cm³/mol. The third kappa shape index (κ3) is 4.10. The van der Waals surface area contributed by atoms with Gasteiger partial charge in [-0.25, -0.2) is 9.18 Å². The molecule has 5 nitrogen and oxygen atoms in total. The van der Waals surface area contributed by atoms with Crippen LogP contribution in [0.25, 0.3) is 6.08 Å². The summed E-state index contributed by atoms with van der Waals surface area (Å²) in [5.74, 6) is -4.07. The van der Waals surface area contributed by atoms with Gasteiger partial charge in [0.1, 0.15) is 17.1 Å². The Kier molecular flexibility index (Phi) is 5.37. The Hall–Kier alpha value is -2.92. The van der Waals surface area contributed by atoms with Crippen LogP contribution in [0.2, 0.25) is 0 Å². The zero-order chi connectivity index (χ0) is 21.5. The van der Waals surface area contributed by atoms with Crippen LogP contribution >= 0.6 is 24.0 Å². The summed E-state index contributed by atoms with van der Waals surface area (Å²) >= 11 is 5.86. The fourth-order valence-electron chi connectivity index (χ4n) is 2.53. The molecule has 29 heavy (non-hydrogen) atoms. The molecule has 150 valence electrons. The Bertz CT molecular complexity index is 1080. The Balaban J connectivity index is 1.98. The summed E-state index contributed by atoms with van der Waals surface area (Å²) in [5, 5.41) is 18.6. The van der Waals surface area contributed by atoms with E-state index in [1.807, 2.05) is 0 Å². The van der Waals surface area contributed by atoms with Gasteiger partial charge in [0, 0.05) is 0 Å². The molecule has 1 saturated heterocycles. The number of amides is 1. The number of hydrogen-bond donors (Lipinski definition) is 2. The largest absolute Gasteiger partial charge is 0.507 e. The van der Waals surface area contributed by atoms with Crippen molar-refractivity contribution < 1.29 is 37.4 Å². The minimum absolute atomic E-state index is 0.0231. The highest BCUT2D eigenvalue weighted by molar-refractivity contribution is 8.27. The quantitative estimate of drug-likeness (QED) is 0.408. The van der Waals surface area contributed by atoms with Gasteiger partial charge in [-0.05, 0) is 42.0 Å². The summed E-state index contributed by atoms with van der Waals surface area (Å²) in [7, 11) is 0. The molecule has 1 fully saturated rings. The van der Waals surface area contributed by atoms with Crippen LogP contribution in [-0.4, -0.2) is 26.4 Å². The minimum Gasteiger partial charge on any atom is -0.507 e. The van der Waals surface area contributed by atoms with Crippen LogP contribution in [0.1, 0.15) is 21.5 Å². The lowest BCUT2D eigenvalue weighted by Crippen LogP contribution is -2.28. The van der Waals surface area contributed by atoms with Crippen molar-refractivity contribution in [2.45, 2.75) is 6.18 Å². The molecule has 2 aromatic rings. The van der Waals surface area contributed by atoms with Crippen LogP contribution < -0.4 is 4.90 Å². The Morgan fingerprint density at radius 1 is 1.17 bits per heavy atom. The number of aromatic carboxylic acids is 1. The van der Waals surface area contributed by atoms with Crippen molar-refractivity contribution in [3.05, 3.63) is 63.8 Å². The molecular formula is C18H9F4NO4S2. The number of nitrogens with zero attached hydrogens (tertiary/aromatic N) is 1. The maximum Gasteiger partial charge on any atom is 0.419 e. The van der Waals surface area contributed by atoms with Crippen molar-refractivity contribution in [3.8, 4) is 5.75 Å². The summed E-state index contributed by atoms with van der Waals surface area (Å²) < 4.78 is 52.3. The Morgan fingerprint density at radius 3 is 2.48 bits per heavy atom. The van der Waals surface area contributed by atoms with Gasteiger partial charge in [-0.15, -0.1) is 0 Å². The van der Waals surface area contributed by atoms with Crippen LogP contribution in [0, 0.1) is 5.82 Å². The molecule has 1 aliphatic heterocycles. The van der Waals surface area contributed by atoms with E-state index in [4.69, 9.17) is 17.3 Å². The second-order valence-corrected chi connectivity index (χ2v) is 7.44. The summed E-state index contributed by atoms with van der Waals surface area (Å²) in [4.78, 5) is 24.6. The smallest absolute Gasteiger partial charge is 0.419 e. The molecule has 0 spiro atoms. The van der Waals surface area contributed by atoms with E-state index in [-0.39, 0.29) is 26.0 Å². The van der Waals surface area contributed by atoms with Gasteiger partial charge < -0.3 is 10.2 Å². The number of carbonyl (C=O) groups excluding carboxylic acids is 1. The molecule has 0 unspecified atom stereocenters. The van der Waals surface area contributed by atoms with Crippen LogP contribution in [0.4, 0.5) is 23.2 Å². The molecule has 0 aliphatic carbocycles. The molecule has 2 N–H and O–H groups in total. The average Bonchev–Trinajstić information content (AvgIpc) is 2.89. The molecule has 1 aliphatic rings. The van der Waals surface area contributed by atoms with Gasteiger partial charge in [-0.1, -0.05) is 30.0 Å². The molecule has 0 aromatic heterocycles. The number of carboxylic acid groups (broad SMARTS) is 1. The number of hydrogen-bond acceptors (Lipinski definition) is 5. The van der Waals surface area contributed by atoms with Gasteiger partial charge in [0.2, 0.25) is 0 Å². The first kappa shape index (κ1) is 20.8. The van der Waals surface area contributed by atoms with Crippen LogP contribution in [0.15, 0.2) is 41.3 Å². The van der Waals surface area contributed by atoms with E-state index in [1.54, 1.807) is 0 Å². The molecule has 0 bridgehead atoms. The molecule has 1 amide bonds. The van der Waals surface area contributed by atoms with Gasteiger partial charge in [0.15, 0.2) is 4.32 Å². The van der Waals surface area contributed by atoms with Gasteiger partial charge in [-0.2, -0.15) is 13.2 Å². The zero-order valence-electron chi connectivity index (χ0n) is 14.0. The van der Waals surface area contributed by atoms with Crippen LogP contribution in [0.5, 0.6) is 5.75 Å². The molecular weight excluding hydrogens is 434 g/mol. The van der Waals surface area contributed by atoms with Crippen molar-refractivity contribution in [3.63, 3.8) is 0 Å².